The minimum Gasteiger partial charge on any atom is -0.398 e. The topological polar surface area (TPSA) is 89.3 Å². The van der Waals surface area contributed by atoms with Crippen molar-refractivity contribution in [3.8, 4) is 0 Å². The number of carbonyl (C=O) groups is 1. The molecule has 19 heavy (non-hydrogen) atoms. The molecule has 1 unspecified atom stereocenters. The second-order valence-electron chi connectivity index (χ2n) is 4.69. The molecule has 0 aromatic heterocycles. The molecule has 1 saturated heterocycles. The predicted molar refractivity (Wildman–Crippen MR) is 75.0 cm³/mol. The summed E-state index contributed by atoms with van der Waals surface area (Å²) < 4.78 is 22.6. The fourth-order valence-corrected chi connectivity index (χ4v) is 4.16. The Labute approximate surface area is 117 Å². The van der Waals surface area contributed by atoms with Gasteiger partial charge in [-0.15, -0.1) is 0 Å². The van der Waals surface area contributed by atoms with E-state index in [-0.39, 0.29) is 28.4 Å². The number of hydrogen-bond acceptors (Lipinski definition) is 4. The molecular weight excluding hydrogens is 288 g/mol. The van der Waals surface area contributed by atoms with Gasteiger partial charge in [0.05, 0.1) is 27.8 Å². The molecule has 1 fully saturated rings. The third-order valence-electron chi connectivity index (χ3n) is 3.15. The molecule has 1 amide bonds. The summed E-state index contributed by atoms with van der Waals surface area (Å²) in [7, 11) is -2.92. The fraction of sp³-hybridized carbons (Fsp3) is 0.417. The lowest BCUT2D eigenvalue weighted by Crippen LogP contribution is -2.30. The van der Waals surface area contributed by atoms with Gasteiger partial charge in [0.1, 0.15) is 0 Å². The van der Waals surface area contributed by atoms with Crippen LogP contribution < -0.4 is 11.1 Å². The third kappa shape index (κ3) is 3.39. The van der Waals surface area contributed by atoms with Gasteiger partial charge in [0.2, 0.25) is 0 Å². The Morgan fingerprint density at radius 3 is 2.84 bits per heavy atom. The van der Waals surface area contributed by atoms with Gasteiger partial charge in [-0.1, -0.05) is 17.7 Å². The van der Waals surface area contributed by atoms with E-state index >= 15 is 0 Å². The zero-order valence-electron chi connectivity index (χ0n) is 10.2. The highest BCUT2D eigenvalue weighted by Crippen LogP contribution is 2.23. The van der Waals surface area contributed by atoms with Crippen molar-refractivity contribution >= 4 is 33.0 Å². The molecule has 5 nitrogen and oxygen atoms in total. The maximum Gasteiger partial charge on any atom is 0.252 e. The van der Waals surface area contributed by atoms with Gasteiger partial charge in [0.25, 0.3) is 5.91 Å². The maximum absolute atomic E-state index is 11.9. The predicted octanol–water partition coefficient (Wildman–Crippen LogP) is 1.09. The molecule has 1 aromatic carbocycles. The van der Waals surface area contributed by atoms with Crippen molar-refractivity contribution in [2.24, 2.45) is 5.92 Å². The van der Waals surface area contributed by atoms with Gasteiger partial charge in [-0.3, -0.25) is 4.79 Å². The summed E-state index contributed by atoms with van der Waals surface area (Å²) in [6.45, 7) is 0.336. The molecule has 1 aliphatic heterocycles. The second-order valence-corrected chi connectivity index (χ2v) is 7.29. The Morgan fingerprint density at radius 1 is 1.47 bits per heavy atom. The largest absolute Gasteiger partial charge is 0.398 e. The molecule has 1 aliphatic rings. The van der Waals surface area contributed by atoms with E-state index in [1.54, 1.807) is 18.2 Å². The number of nitrogens with one attached hydrogen (secondary N) is 1. The van der Waals surface area contributed by atoms with E-state index in [4.69, 9.17) is 17.3 Å². The highest BCUT2D eigenvalue weighted by Gasteiger charge is 2.28. The van der Waals surface area contributed by atoms with Crippen LogP contribution in [0.5, 0.6) is 0 Å². The van der Waals surface area contributed by atoms with E-state index in [1.165, 1.54) is 0 Å². The summed E-state index contributed by atoms with van der Waals surface area (Å²) in [5.74, 6) is -0.0137. The van der Waals surface area contributed by atoms with E-state index in [1.807, 2.05) is 0 Å². The van der Waals surface area contributed by atoms with E-state index in [2.05, 4.69) is 5.32 Å². The number of sulfone groups is 1. The van der Waals surface area contributed by atoms with Crippen molar-refractivity contribution in [2.45, 2.75) is 6.42 Å². The Bertz CT molecular complexity index is 601. The van der Waals surface area contributed by atoms with Crippen molar-refractivity contribution in [3.63, 3.8) is 0 Å². The summed E-state index contributed by atoms with van der Waals surface area (Å²) >= 11 is 5.95. The first kappa shape index (κ1) is 14.1. The zero-order valence-corrected chi connectivity index (χ0v) is 11.8. The highest BCUT2D eigenvalue weighted by atomic mass is 35.5. The van der Waals surface area contributed by atoms with Crippen LogP contribution in [0.3, 0.4) is 0 Å². The number of amides is 1. The Morgan fingerprint density at radius 2 is 2.21 bits per heavy atom. The van der Waals surface area contributed by atoms with Crippen LogP contribution in [0.15, 0.2) is 18.2 Å². The van der Waals surface area contributed by atoms with Crippen LogP contribution in [0.1, 0.15) is 16.8 Å². The molecule has 1 aromatic rings. The van der Waals surface area contributed by atoms with Gasteiger partial charge < -0.3 is 11.1 Å². The molecular formula is C12H15ClN2O3S. The maximum atomic E-state index is 11.9. The van der Waals surface area contributed by atoms with Crippen LogP contribution in [0, 0.1) is 5.92 Å². The summed E-state index contributed by atoms with van der Waals surface area (Å²) in [5.41, 5.74) is 6.27. The lowest BCUT2D eigenvalue weighted by atomic mass is 10.1. The van der Waals surface area contributed by atoms with Crippen LogP contribution in [0.25, 0.3) is 0 Å². The monoisotopic (exact) mass is 302 g/mol. The van der Waals surface area contributed by atoms with Gasteiger partial charge in [0, 0.05) is 6.54 Å². The minimum absolute atomic E-state index is 0.0196. The number of benzene rings is 1. The van der Waals surface area contributed by atoms with E-state index in [0.29, 0.717) is 24.2 Å². The standard InChI is InChI=1S/C12H15ClN2O3S/c13-11-9(2-1-3-10(11)14)12(16)15-6-8-4-5-19(17,18)7-8/h1-3,8H,4-7,14H2,(H,15,16). The average Bonchev–Trinajstić information content (AvgIpc) is 2.69. The molecule has 0 aliphatic carbocycles. The molecule has 1 atom stereocenters. The first-order valence-electron chi connectivity index (χ1n) is 5.91. The summed E-state index contributed by atoms with van der Waals surface area (Å²) in [6, 6.07) is 4.85. The van der Waals surface area contributed by atoms with Crippen molar-refractivity contribution in [1.29, 1.82) is 0 Å². The third-order valence-corrected chi connectivity index (χ3v) is 5.41. The van der Waals surface area contributed by atoms with E-state index < -0.39 is 9.84 Å². The lowest BCUT2D eigenvalue weighted by molar-refractivity contribution is 0.0948. The number of halogens is 1. The number of hydrogen-bond donors (Lipinski definition) is 2. The fourth-order valence-electron chi connectivity index (χ4n) is 2.09. The summed E-state index contributed by atoms with van der Waals surface area (Å²) in [5, 5.41) is 2.92. The smallest absolute Gasteiger partial charge is 0.252 e. The molecule has 0 saturated carbocycles. The van der Waals surface area contributed by atoms with Crippen LogP contribution in [0.2, 0.25) is 5.02 Å². The average molecular weight is 303 g/mol. The number of rotatable bonds is 3. The normalized spacial score (nSPS) is 21.2. The molecule has 3 N–H and O–H groups in total. The lowest BCUT2D eigenvalue weighted by Gasteiger charge is -2.11. The van der Waals surface area contributed by atoms with Crippen LogP contribution in [0.4, 0.5) is 5.69 Å². The Balaban J connectivity index is 1.97. The van der Waals surface area contributed by atoms with Gasteiger partial charge >= 0.3 is 0 Å². The van der Waals surface area contributed by atoms with Crippen LogP contribution >= 0.6 is 11.6 Å². The molecule has 0 spiro atoms. The number of nitrogen functional groups attached to an aromatic ring is 1. The molecule has 0 radical (unpaired) electrons. The van der Waals surface area contributed by atoms with Crippen LogP contribution in [-0.2, 0) is 9.84 Å². The zero-order chi connectivity index (χ0) is 14.0. The number of anilines is 1. The number of nitrogens with two attached hydrogens (primary N) is 1. The highest BCUT2D eigenvalue weighted by molar-refractivity contribution is 7.91. The Hall–Kier alpha value is -1.27. The van der Waals surface area contributed by atoms with Gasteiger partial charge in [-0.25, -0.2) is 8.42 Å². The van der Waals surface area contributed by atoms with Crippen molar-refractivity contribution in [2.75, 3.05) is 23.8 Å². The Kier molecular flexibility index (Phi) is 4.01. The second kappa shape index (κ2) is 5.38. The van der Waals surface area contributed by atoms with E-state index in [0.717, 1.165) is 0 Å². The quantitative estimate of drug-likeness (QED) is 0.818. The van der Waals surface area contributed by atoms with Gasteiger partial charge in [0.15, 0.2) is 9.84 Å². The van der Waals surface area contributed by atoms with Crippen LogP contribution in [-0.4, -0.2) is 32.4 Å². The molecule has 0 bridgehead atoms. The molecule has 1 heterocycles. The first-order chi connectivity index (χ1) is 8.89. The van der Waals surface area contributed by atoms with Crippen molar-refractivity contribution in [3.05, 3.63) is 28.8 Å². The molecule has 2 rings (SSSR count). The SMILES string of the molecule is Nc1cccc(C(=O)NCC2CCS(=O)(=O)C2)c1Cl. The van der Waals surface area contributed by atoms with E-state index in [9.17, 15) is 13.2 Å². The van der Waals surface area contributed by atoms with Gasteiger partial charge in [-0.2, -0.15) is 0 Å². The number of carbonyl (C=O) groups excluding carboxylic acids is 1. The van der Waals surface area contributed by atoms with Crippen molar-refractivity contribution < 1.29 is 13.2 Å². The first-order valence-corrected chi connectivity index (χ1v) is 8.11. The van der Waals surface area contributed by atoms with Gasteiger partial charge in [-0.05, 0) is 24.5 Å². The summed E-state index contributed by atoms with van der Waals surface area (Å²) in [4.78, 5) is 11.9. The molecule has 7 heteroatoms. The van der Waals surface area contributed by atoms with Crippen molar-refractivity contribution in [1.82, 2.24) is 5.32 Å². The summed E-state index contributed by atoms with van der Waals surface area (Å²) in [6.07, 6.45) is 0.591. The molecule has 104 valence electrons. The minimum atomic E-state index is -2.92.